The number of benzene rings is 1. The lowest BCUT2D eigenvalue weighted by Gasteiger charge is -2.34. The second-order valence-electron chi connectivity index (χ2n) is 5.63. The fourth-order valence-electron chi connectivity index (χ4n) is 2.54. The molecule has 1 amide bonds. The van der Waals surface area contributed by atoms with Crippen molar-refractivity contribution in [3.63, 3.8) is 0 Å². The van der Waals surface area contributed by atoms with Crippen LogP contribution < -0.4 is 9.47 Å². The normalized spacial score (nSPS) is 16.5. The number of rotatable bonds is 7. The van der Waals surface area contributed by atoms with Crippen molar-refractivity contribution in [1.29, 1.82) is 0 Å². The molecule has 1 unspecified atom stereocenters. The fraction of sp³-hybridized carbons (Fsp3) is 0.588. The summed E-state index contributed by atoms with van der Waals surface area (Å²) >= 11 is 0. The largest absolute Gasteiger partial charge is 0.497 e. The molecule has 1 aromatic carbocycles. The Bertz CT molecular complexity index is 500. The van der Waals surface area contributed by atoms with Gasteiger partial charge in [0.1, 0.15) is 24.2 Å². The number of aliphatic hydroxyl groups excluding tert-OH is 1. The Morgan fingerprint density at radius 1 is 1.17 bits per heavy atom. The summed E-state index contributed by atoms with van der Waals surface area (Å²) in [6, 6.07) is 7.25. The molecule has 0 spiro atoms. The number of nitrogens with zero attached hydrogens (tertiary/aromatic N) is 2. The van der Waals surface area contributed by atoms with Gasteiger partial charge in [-0.1, -0.05) is 0 Å². The first kappa shape index (κ1) is 18.4. The van der Waals surface area contributed by atoms with Crippen LogP contribution in [0.2, 0.25) is 0 Å². The van der Waals surface area contributed by atoms with E-state index in [1.165, 1.54) is 0 Å². The van der Waals surface area contributed by atoms with Gasteiger partial charge in [0.15, 0.2) is 0 Å². The molecule has 1 aliphatic heterocycles. The van der Waals surface area contributed by atoms with E-state index in [9.17, 15) is 9.90 Å². The van der Waals surface area contributed by atoms with Gasteiger partial charge < -0.3 is 24.2 Å². The average molecular weight is 338 g/mol. The molecule has 1 heterocycles. The zero-order chi connectivity index (χ0) is 17.4. The number of piperazine rings is 1. The van der Waals surface area contributed by atoms with Gasteiger partial charge in [0, 0.05) is 32.7 Å². The van der Waals surface area contributed by atoms with Crippen molar-refractivity contribution in [3.8, 4) is 11.5 Å². The molecule has 1 fully saturated rings. The standard InChI is InChI=1S/C17H26N2O5/c1-3-23-17(21)19-10-8-18(9-11-19)12-14(20)13-24-16-6-4-15(22-2)5-7-16/h4-7,14,20H,3,8-13H2,1-2H3. The Labute approximate surface area is 142 Å². The minimum atomic E-state index is -0.582. The van der Waals surface area contributed by atoms with Crippen molar-refractivity contribution >= 4 is 6.09 Å². The van der Waals surface area contributed by atoms with E-state index in [2.05, 4.69) is 4.90 Å². The molecular weight excluding hydrogens is 312 g/mol. The number of methoxy groups -OCH3 is 1. The van der Waals surface area contributed by atoms with Gasteiger partial charge in [-0.15, -0.1) is 0 Å². The molecule has 0 aliphatic carbocycles. The van der Waals surface area contributed by atoms with Crippen LogP contribution in [0.15, 0.2) is 24.3 Å². The van der Waals surface area contributed by atoms with E-state index in [4.69, 9.17) is 14.2 Å². The number of ether oxygens (including phenoxy) is 3. The van der Waals surface area contributed by atoms with E-state index in [-0.39, 0.29) is 12.7 Å². The van der Waals surface area contributed by atoms with Crippen LogP contribution in [-0.2, 0) is 4.74 Å². The van der Waals surface area contributed by atoms with E-state index < -0.39 is 6.10 Å². The quantitative estimate of drug-likeness (QED) is 0.806. The summed E-state index contributed by atoms with van der Waals surface area (Å²) < 4.78 is 15.7. The second kappa shape index (κ2) is 9.34. The van der Waals surface area contributed by atoms with Crippen molar-refractivity contribution in [2.75, 3.05) is 53.0 Å². The predicted molar refractivity (Wildman–Crippen MR) is 89.5 cm³/mol. The molecular formula is C17H26N2O5. The maximum Gasteiger partial charge on any atom is 0.409 e. The molecule has 2 rings (SSSR count). The van der Waals surface area contributed by atoms with Crippen molar-refractivity contribution in [2.45, 2.75) is 13.0 Å². The van der Waals surface area contributed by atoms with E-state index in [1.54, 1.807) is 18.9 Å². The molecule has 1 saturated heterocycles. The molecule has 24 heavy (non-hydrogen) atoms. The molecule has 1 aromatic rings. The molecule has 1 N–H and O–H groups in total. The number of aliphatic hydroxyl groups is 1. The Morgan fingerprint density at radius 3 is 2.38 bits per heavy atom. The maximum absolute atomic E-state index is 11.6. The van der Waals surface area contributed by atoms with Crippen LogP contribution in [0.3, 0.4) is 0 Å². The highest BCUT2D eigenvalue weighted by molar-refractivity contribution is 5.67. The number of carbonyl (C=O) groups excluding carboxylic acids is 1. The zero-order valence-corrected chi connectivity index (χ0v) is 14.3. The number of carbonyl (C=O) groups is 1. The Hall–Kier alpha value is -1.99. The molecule has 1 aliphatic rings. The molecule has 0 bridgehead atoms. The fourth-order valence-corrected chi connectivity index (χ4v) is 2.54. The van der Waals surface area contributed by atoms with Gasteiger partial charge in [-0.25, -0.2) is 4.79 Å². The van der Waals surface area contributed by atoms with E-state index in [0.29, 0.717) is 32.0 Å². The third-order valence-corrected chi connectivity index (χ3v) is 3.87. The van der Waals surface area contributed by atoms with Gasteiger partial charge in [-0.3, -0.25) is 4.90 Å². The Morgan fingerprint density at radius 2 is 1.79 bits per heavy atom. The first-order valence-corrected chi connectivity index (χ1v) is 8.21. The zero-order valence-electron chi connectivity index (χ0n) is 14.3. The smallest absolute Gasteiger partial charge is 0.409 e. The average Bonchev–Trinajstić information content (AvgIpc) is 2.61. The van der Waals surface area contributed by atoms with Crippen LogP contribution >= 0.6 is 0 Å². The molecule has 1 atom stereocenters. The minimum Gasteiger partial charge on any atom is -0.497 e. The van der Waals surface area contributed by atoms with Crippen LogP contribution in [0.25, 0.3) is 0 Å². The second-order valence-corrected chi connectivity index (χ2v) is 5.63. The van der Waals surface area contributed by atoms with Crippen molar-refractivity contribution < 1.29 is 24.1 Å². The highest BCUT2D eigenvalue weighted by Gasteiger charge is 2.23. The van der Waals surface area contributed by atoms with Crippen molar-refractivity contribution in [3.05, 3.63) is 24.3 Å². The molecule has 7 heteroatoms. The third-order valence-electron chi connectivity index (χ3n) is 3.87. The minimum absolute atomic E-state index is 0.227. The topological polar surface area (TPSA) is 71.5 Å². The number of amides is 1. The highest BCUT2D eigenvalue weighted by atomic mass is 16.6. The Balaban J connectivity index is 1.67. The lowest BCUT2D eigenvalue weighted by Crippen LogP contribution is -2.51. The van der Waals surface area contributed by atoms with E-state index >= 15 is 0 Å². The van der Waals surface area contributed by atoms with Crippen LogP contribution in [0, 0.1) is 0 Å². The summed E-state index contributed by atoms with van der Waals surface area (Å²) in [6.45, 7) is 5.61. The third kappa shape index (κ3) is 5.58. The van der Waals surface area contributed by atoms with Crippen LogP contribution in [0.1, 0.15) is 6.92 Å². The van der Waals surface area contributed by atoms with Crippen molar-refractivity contribution in [2.24, 2.45) is 0 Å². The lowest BCUT2D eigenvalue weighted by molar-refractivity contribution is 0.0407. The number of β-amino-alcohol motifs (C(OH)–C–C–N with tert-alkyl or cyclic N) is 1. The lowest BCUT2D eigenvalue weighted by atomic mass is 10.2. The summed E-state index contributed by atoms with van der Waals surface area (Å²) in [7, 11) is 1.61. The number of hydrogen-bond donors (Lipinski definition) is 1. The van der Waals surface area contributed by atoms with Gasteiger partial charge in [0.25, 0.3) is 0 Å². The van der Waals surface area contributed by atoms with Crippen molar-refractivity contribution in [1.82, 2.24) is 9.80 Å². The monoisotopic (exact) mass is 338 g/mol. The highest BCUT2D eigenvalue weighted by Crippen LogP contribution is 2.17. The van der Waals surface area contributed by atoms with Gasteiger partial charge in [-0.2, -0.15) is 0 Å². The van der Waals surface area contributed by atoms with Gasteiger partial charge >= 0.3 is 6.09 Å². The summed E-state index contributed by atoms with van der Waals surface area (Å²) in [5.74, 6) is 1.46. The summed E-state index contributed by atoms with van der Waals surface area (Å²) in [5, 5.41) is 10.1. The summed E-state index contributed by atoms with van der Waals surface area (Å²) in [5.41, 5.74) is 0. The van der Waals surface area contributed by atoms with Gasteiger partial charge in [0.2, 0.25) is 0 Å². The predicted octanol–water partition coefficient (Wildman–Crippen LogP) is 1.21. The molecule has 7 nitrogen and oxygen atoms in total. The maximum atomic E-state index is 11.6. The van der Waals surface area contributed by atoms with Crippen LogP contribution in [-0.4, -0.2) is 80.2 Å². The summed E-state index contributed by atoms with van der Waals surface area (Å²) in [4.78, 5) is 15.5. The summed E-state index contributed by atoms with van der Waals surface area (Å²) in [6.07, 6.45) is -0.846. The van der Waals surface area contributed by atoms with Gasteiger partial charge in [0.05, 0.1) is 13.7 Å². The molecule has 0 radical (unpaired) electrons. The molecule has 134 valence electrons. The first-order chi connectivity index (χ1) is 11.6. The van der Waals surface area contributed by atoms with Crippen LogP contribution in [0.5, 0.6) is 11.5 Å². The van der Waals surface area contributed by atoms with Crippen LogP contribution in [0.4, 0.5) is 4.79 Å². The first-order valence-electron chi connectivity index (χ1n) is 8.21. The number of hydrogen-bond acceptors (Lipinski definition) is 6. The molecule has 0 aromatic heterocycles. The van der Waals surface area contributed by atoms with Gasteiger partial charge in [-0.05, 0) is 31.2 Å². The van der Waals surface area contributed by atoms with E-state index in [1.807, 2.05) is 24.3 Å². The molecule has 0 saturated carbocycles. The Kier molecular flexibility index (Phi) is 7.14. The van der Waals surface area contributed by atoms with E-state index in [0.717, 1.165) is 18.8 Å². The SMILES string of the molecule is CCOC(=O)N1CCN(CC(O)COc2ccc(OC)cc2)CC1.